The SMILES string of the molecule is COc1ccccc1CCC(=O)OCC(=O)Nc1c(C#N)c(C)c(C)n1C1CCCC1. The molecule has 31 heavy (non-hydrogen) atoms. The molecule has 1 aromatic carbocycles. The van der Waals surface area contributed by atoms with E-state index < -0.39 is 11.9 Å². The van der Waals surface area contributed by atoms with E-state index in [-0.39, 0.29) is 19.1 Å². The number of nitrogens with zero attached hydrogens (tertiary/aromatic N) is 2. The number of hydrogen-bond donors (Lipinski definition) is 1. The van der Waals surface area contributed by atoms with Gasteiger partial charge in [0, 0.05) is 18.2 Å². The first-order chi connectivity index (χ1) is 15.0. The van der Waals surface area contributed by atoms with Crippen LogP contribution in [0.15, 0.2) is 24.3 Å². The van der Waals surface area contributed by atoms with Crippen LogP contribution in [0.1, 0.15) is 60.5 Å². The standard InChI is InChI=1S/C24H29N3O4/c1-16-17(2)27(19-9-5-6-10-19)24(20(16)14-25)26-22(28)15-31-23(29)13-12-18-8-4-7-11-21(18)30-3/h4,7-8,11,19H,5-6,9-10,12-13,15H2,1-3H3,(H,26,28). The normalized spacial score (nSPS) is 13.6. The van der Waals surface area contributed by atoms with Gasteiger partial charge in [0.2, 0.25) is 0 Å². The van der Waals surface area contributed by atoms with E-state index in [2.05, 4.69) is 16.0 Å². The number of esters is 1. The molecule has 1 N–H and O–H groups in total. The van der Waals surface area contributed by atoms with Gasteiger partial charge in [-0.3, -0.25) is 9.59 Å². The summed E-state index contributed by atoms with van der Waals surface area (Å²) >= 11 is 0. The summed E-state index contributed by atoms with van der Waals surface area (Å²) < 4.78 is 12.5. The van der Waals surface area contributed by atoms with Gasteiger partial charge >= 0.3 is 5.97 Å². The van der Waals surface area contributed by atoms with Crippen molar-refractivity contribution in [2.75, 3.05) is 19.0 Å². The van der Waals surface area contributed by atoms with E-state index in [4.69, 9.17) is 9.47 Å². The largest absolute Gasteiger partial charge is 0.496 e. The number of ether oxygens (including phenoxy) is 2. The van der Waals surface area contributed by atoms with Crippen LogP contribution >= 0.6 is 0 Å². The van der Waals surface area contributed by atoms with Crippen molar-refractivity contribution in [2.45, 2.75) is 58.4 Å². The van der Waals surface area contributed by atoms with Gasteiger partial charge in [0.1, 0.15) is 17.6 Å². The fourth-order valence-electron chi connectivity index (χ4n) is 4.24. The fraction of sp³-hybridized carbons (Fsp3) is 0.458. The lowest BCUT2D eigenvalue weighted by Gasteiger charge is -2.19. The smallest absolute Gasteiger partial charge is 0.306 e. The van der Waals surface area contributed by atoms with Crippen LogP contribution in [0.4, 0.5) is 5.82 Å². The average molecular weight is 424 g/mol. The van der Waals surface area contributed by atoms with Crippen molar-refractivity contribution < 1.29 is 19.1 Å². The highest BCUT2D eigenvalue weighted by Crippen LogP contribution is 2.37. The molecule has 0 spiro atoms. The number of aromatic nitrogens is 1. The molecule has 1 fully saturated rings. The molecule has 1 heterocycles. The number of hydrogen-bond acceptors (Lipinski definition) is 5. The van der Waals surface area contributed by atoms with Crippen molar-refractivity contribution >= 4 is 17.7 Å². The van der Waals surface area contributed by atoms with Crippen LogP contribution in [0.3, 0.4) is 0 Å². The summed E-state index contributed by atoms with van der Waals surface area (Å²) in [5, 5.41) is 12.4. The number of para-hydroxylation sites is 1. The maximum atomic E-state index is 12.5. The van der Waals surface area contributed by atoms with Crippen molar-refractivity contribution in [2.24, 2.45) is 0 Å². The van der Waals surface area contributed by atoms with Crippen LogP contribution in [-0.4, -0.2) is 30.2 Å². The van der Waals surface area contributed by atoms with Gasteiger partial charge in [0.15, 0.2) is 6.61 Å². The predicted octanol–water partition coefficient (Wildman–Crippen LogP) is 4.21. The van der Waals surface area contributed by atoms with E-state index in [0.717, 1.165) is 48.3 Å². The van der Waals surface area contributed by atoms with Gasteiger partial charge in [-0.25, -0.2) is 0 Å². The summed E-state index contributed by atoms with van der Waals surface area (Å²) in [4.78, 5) is 24.6. The number of carbonyl (C=O) groups excluding carboxylic acids is 2. The van der Waals surface area contributed by atoms with Crippen LogP contribution in [0.5, 0.6) is 5.75 Å². The van der Waals surface area contributed by atoms with E-state index in [1.165, 1.54) is 0 Å². The Morgan fingerprint density at radius 2 is 1.94 bits per heavy atom. The number of anilines is 1. The Morgan fingerprint density at radius 1 is 1.23 bits per heavy atom. The molecule has 1 saturated carbocycles. The lowest BCUT2D eigenvalue weighted by molar-refractivity contribution is -0.147. The molecule has 7 heteroatoms. The second-order valence-electron chi connectivity index (χ2n) is 7.87. The Morgan fingerprint density at radius 3 is 2.61 bits per heavy atom. The maximum absolute atomic E-state index is 12.5. The highest BCUT2D eigenvalue weighted by Gasteiger charge is 2.26. The van der Waals surface area contributed by atoms with E-state index in [1.54, 1.807) is 7.11 Å². The summed E-state index contributed by atoms with van der Waals surface area (Å²) in [6.45, 7) is 3.48. The molecule has 0 aliphatic heterocycles. The Kier molecular flexibility index (Phi) is 7.35. The molecule has 2 aromatic rings. The Balaban J connectivity index is 1.60. The van der Waals surface area contributed by atoms with Gasteiger partial charge in [-0.05, 0) is 50.3 Å². The fourth-order valence-corrected chi connectivity index (χ4v) is 4.24. The summed E-state index contributed by atoms with van der Waals surface area (Å²) in [7, 11) is 1.59. The molecular weight excluding hydrogens is 394 g/mol. The molecule has 0 atom stereocenters. The number of carbonyl (C=O) groups is 2. The van der Waals surface area contributed by atoms with Crippen LogP contribution in [0.2, 0.25) is 0 Å². The summed E-state index contributed by atoms with van der Waals surface area (Å²) in [5.74, 6) is 0.328. The monoisotopic (exact) mass is 423 g/mol. The molecule has 0 bridgehead atoms. The third-order valence-corrected chi connectivity index (χ3v) is 5.97. The van der Waals surface area contributed by atoms with Crippen molar-refractivity contribution in [1.82, 2.24) is 4.57 Å². The lowest BCUT2D eigenvalue weighted by Crippen LogP contribution is -2.24. The highest BCUT2D eigenvalue weighted by atomic mass is 16.5. The van der Waals surface area contributed by atoms with E-state index in [1.807, 2.05) is 38.1 Å². The third kappa shape index (κ3) is 5.08. The third-order valence-electron chi connectivity index (χ3n) is 5.97. The van der Waals surface area contributed by atoms with E-state index in [0.29, 0.717) is 17.8 Å². The van der Waals surface area contributed by atoms with Gasteiger partial charge < -0.3 is 19.4 Å². The van der Waals surface area contributed by atoms with Crippen LogP contribution in [0.25, 0.3) is 0 Å². The molecule has 0 unspecified atom stereocenters. The quantitative estimate of drug-likeness (QED) is 0.642. The zero-order chi connectivity index (χ0) is 22.4. The van der Waals surface area contributed by atoms with Gasteiger partial charge in [-0.15, -0.1) is 0 Å². The van der Waals surface area contributed by atoms with Crippen LogP contribution in [-0.2, 0) is 20.7 Å². The number of rotatable bonds is 8. The van der Waals surface area contributed by atoms with Crippen molar-refractivity contribution in [3.8, 4) is 11.8 Å². The predicted molar refractivity (Wildman–Crippen MR) is 117 cm³/mol. The number of aryl methyl sites for hydroxylation is 1. The minimum absolute atomic E-state index is 0.147. The number of nitriles is 1. The first-order valence-electron chi connectivity index (χ1n) is 10.6. The van der Waals surface area contributed by atoms with Gasteiger partial charge in [0.05, 0.1) is 12.7 Å². The number of benzene rings is 1. The molecule has 0 saturated heterocycles. The second kappa shape index (κ2) is 10.2. The number of amides is 1. The number of nitrogens with one attached hydrogen (secondary N) is 1. The van der Waals surface area contributed by atoms with Gasteiger partial charge in [-0.2, -0.15) is 5.26 Å². The van der Waals surface area contributed by atoms with Crippen LogP contribution < -0.4 is 10.1 Å². The van der Waals surface area contributed by atoms with Crippen molar-refractivity contribution in [1.29, 1.82) is 5.26 Å². The molecule has 1 amide bonds. The van der Waals surface area contributed by atoms with E-state index >= 15 is 0 Å². The molecule has 164 valence electrons. The van der Waals surface area contributed by atoms with Gasteiger partial charge in [0.25, 0.3) is 5.91 Å². The number of methoxy groups -OCH3 is 1. The minimum Gasteiger partial charge on any atom is -0.496 e. The summed E-state index contributed by atoms with van der Waals surface area (Å²) in [6.07, 6.45) is 4.95. The first kappa shape index (κ1) is 22.4. The Labute approximate surface area is 183 Å². The first-order valence-corrected chi connectivity index (χ1v) is 10.6. The second-order valence-corrected chi connectivity index (χ2v) is 7.87. The maximum Gasteiger partial charge on any atom is 0.306 e. The Bertz CT molecular complexity index is 997. The lowest BCUT2D eigenvalue weighted by atomic mass is 10.1. The molecule has 3 rings (SSSR count). The van der Waals surface area contributed by atoms with Gasteiger partial charge in [-0.1, -0.05) is 31.0 Å². The zero-order valence-electron chi connectivity index (χ0n) is 18.4. The highest BCUT2D eigenvalue weighted by molar-refractivity contribution is 5.93. The molecule has 7 nitrogen and oxygen atoms in total. The molecular formula is C24H29N3O4. The molecule has 0 radical (unpaired) electrons. The van der Waals surface area contributed by atoms with E-state index in [9.17, 15) is 14.9 Å². The molecule has 1 aliphatic carbocycles. The topological polar surface area (TPSA) is 93.3 Å². The van der Waals surface area contributed by atoms with Crippen molar-refractivity contribution in [3.05, 3.63) is 46.6 Å². The molecule has 1 aliphatic rings. The van der Waals surface area contributed by atoms with Crippen molar-refractivity contribution in [3.63, 3.8) is 0 Å². The summed E-state index contributed by atoms with van der Waals surface area (Å²) in [6, 6.07) is 9.97. The zero-order valence-corrected chi connectivity index (χ0v) is 18.4. The average Bonchev–Trinajstić information content (AvgIpc) is 3.38. The Hall–Kier alpha value is -3.27. The van der Waals surface area contributed by atoms with Crippen LogP contribution in [0, 0.1) is 25.2 Å². The minimum atomic E-state index is -0.458. The molecule has 1 aromatic heterocycles. The summed E-state index contributed by atoms with van der Waals surface area (Å²) in [5.41, 5.74) is 3.25.